The molecule has 17 heavy (non-hydrogen) atoms. The number of nitrogens with one attached hydrogen (secondary N) is 1. The molecule has 2 bridgehead atoms. The molecule has 3 unspecified atom stereocenters. The Kier molecular flexibility index (Phi) is 2.01. The summed E-state index contributed by atoms with van der Waals surface area (Å²) in [6.45, 7) is 0.354. The summed E-state index contributed by atoms with van der Waals surface area (Å²) in [5.74, 6) is 3.61. The summed E-state index contributed by atoms with van der Waals surface area (Å²) in [6, 6.07) is 6.83. The summed E-state index contributed by atoms with van der Waals surface area (Å²) in [7, 11) is 0. The highest BCUT2D eigenvalue weighted by atomic mass is 16.7. The molecule has 0 saturated heterocycles. The first kappa shape index (κ1) is 9.63. The number of rotatable bonds is 2. The summed E-state index contributed by atoms with van der Waals surface area (Å²) in [5, 5.41) is 3.67. The summed E-state index contributed by atoms with van der Waals surface area (Å²) in [5.41, 5.74) is 1.17. The lowest BCUT2D eigenvalue weighted by Crippen LogP contribution is -2.25. The van der Waals surface area contributed by atoms with E-state index in [1.807, 2.05) is 6.07 Å². The summed E-state index contributed by atoms with van der Waals surface area (Å²) >= 11 is 0. The second-order valence-electron chi connectivity index (χ2n) is 5.49. The van der Waals surface area contributed by atoms with Crippen LogP contribution in [-0.2, 0) is 0 Å². The number of hydrogen-bond donors (Lipinski definition) is 1. The first-order valence-electron chi connectivity index (χ1n) is 6.55. The zero-order valence-corrected chi connectivity index (χ0v) is 9.82. The lowest BCUT2D eigenvalue weighted by molar-refractivity contribution is 0.174. The number of anilines is 1. The lowest BCUT2D eigenvalue weighted by atomic mass is 9.95. The van der Waals surface area contributed by atoms with Gasteiger partial charge in [0.1, 0.15) is 0 Å². The average Bonchev–Trinajstić information content (AvgIpc) is 3.03. The zero-order chi connectivity index (χ0) is 11.2. The molecule has 3 nitrogen and oxygen atoms in total. The number of fused-ring (bicyclic) bond motifs is 3. The fourth-order valence-corrected chi connectivity index (χ4v) is 3.62. The summed E-state index contributed by atoms with van der Waals surface area (Å²) in [4.78, 5) is 0. The van der Waals surface area contributed by atoms with Gasteiger partial charge in [-0.2, -0.15) is 0 Å². The number of benzene rings is 1. The van der Waals surface area contributed by atoms with E-state index in [4.69, 9.17) is 9.47 Å². The van der Waals surface area contributed by atoms with Crippen LogP contribution in [0.2, 0.25) is 0 Å². The van der Waals surface area contributed by atoms with Gasteiger partial charge < -0.3 is 14.8 Å². The minimum absolute atomic E-state index is 0.354. The molecule has 0 aromatic heterocycles. The van der Waals surface area contributed by atoms with Gasteiger partial charge in [0.2, 0.25) is 6.79 Å². The summed E-state index contributed by atoms with van der Waals surface area (Å²) in [6.07, 6.45) is 5.64. The van der Waals surface area contributed by atoms with Crippen molar-refractivity contribution in [3.63, 3.8) is 0 Å². The third kappa shape index (κ3) is 1.56. The average molecular weight is 231 g/mol. The third-order valence-electron chi connectivity index (χ3n) is 4.46. The van der Waals surface area contributed by atoms with Crippen molar-refractivity contribution in [2.75, 3.05) is 12.1 Å². The van der Waals surface area contributed by atoms with Gasteiger partial charge in [-0.3, -0.25) is 0 Å². The maximum absolute atomic E-state index is 5.40. The molecule has 1 aromatic carbocycles. The monoisotopic (exact) mass is 231 g/mol. The smallest absolute Gasteiger partial charge is 0.231 e. The highest BCUT2D eigenvalue weighted by Crippen LogP contribution is 2.46. The van der Waals surface area contributed by atoms with Crippen LogP contribution < -0.4 is 14.8 Å². The Balaban J connectivity index is 1.52. The van der Waals surface area contributed by atoms with Gasteiger partial charge in [0.15, 0.2) is 11.5 Å². The lowest BCUT2D eigenvalue weighted by Gasteiger charge is -2.24. The molecule has 1 heterocycles. The topological polar surface area (TPSA) is 30.5 Å². The standard InChI is InChI=1S/C14H17NO2/c1-2-10-5-9(1)6-12(10)15-11-3-4-13-14(7-11)17-8-16-13/h3-4,7,9-10,12,15H,1-2,5-6,8H2. The zero-order valence-electron chi connectivity index (χ0n) is 9.82. The van der Waals surface area contributed by atoms with Crippen molar-refractivity contribution in [2.45, 2.75) is 31.7 Å². The molecule has 0 amide bonds. The molecule has 1 N–H and O–H groups in total. The minimum Gasteiger partial charge on any atom is -0.454 e. The van der Waals surface area contributed by atoms with Crippen molar-refractivity contribution < 1.29 is 9.47 Å². The van der Waals surface area contributed by atoms with E-state index in [-0.39, 0.29) is 0 Å². The molecule has 2 aliphatic carbocycles. The van der Waals surface area contributed by atoms with Gasteiger partial charge >= 0.3 is 0 Å². The Labute approximate surface area is 101 Å². The highest BCUT2D eigenvalue weighted by molar-refractivity contribution is 5.56. The van der Waals surface area contributed by atoms with Gasteiger partial charge in [0.05, 0.1) is 0 Å². The SMILES string of the molecule is c1cc2c(cc1NC1CC3CCC1C3)OCO2. The molecule has 0 spiro atoms. The first-order chi connectivity index (χ1) is 8.38. The largest absolute Gasteiger partial charge is 0.454 e. The van der Waals surface area contributed by atoms with Crippen LogP contribution in [0.3, 0.4) is 0 Å². The Bertz CT molecular complexity index is 446. The molecule has 0 radical (unpaired) electrons. The Hall–Kier alpha value is -1.38. The van der Waals surface area contributed by atoms with Crippen LogP contribution in [0.5, 0.6) is 11.5 Å². The van der Waals surface area contributed by atoms with Crippen LogP contribution in [0.25, 0.3) is 0 Å². The molecule has 2 saturated carbocycles. The van der Waals surface area contributed by atoms with Crippen LogP contribution in [0.15, 0.2) is 18.2 Å². The van der Waals surface area contributed by atoms with Crippen LogP contribution in [0.1, 0.15) is 25.7 Å². The Morgan fingerprint density at radius 1 is 1.06 bits per heavy atom. The van der Waals surface area contributed by atoms with Gasteiger partial charge in [-0.25, -0.2) is 0 Å². The summed E-state index contributed by atoms with van der Waals surface area (Å²) < 4.78 is 10.7. The predicted molar refractivity (Wildman–Crippen MR) is 65.4 cm³/mol. The van der Waals surface area contributed by atoms with E-state index in [0.29, 0.717) is 12.8 Å². The van der Waals surface area contributed by atoms with Crippen molar-refractivity contribution in [3.05, 3.63) is 18.2 Å². The van der Waals surface area contributed by atoms with Gasteiger partial charge in [-0.1, -0.05) is 6.42 Å². The molecule has 2 fully saturated rings. The number of ether oxygens (including phenoxy) is 2. The quantitative estimate of drug-likeness (QED) is 0.848. The molecule has 1 aromatic rings. The van der Waals surface area contributed by atoms with E-state index >= 15 is 0 Å². The van der Waals surface area contributed by atoms with E-state index < -0.39 is 0 Å². The number of hydrogen-bond acceptors (Lipinski definition) is 3. The van der Waals surface area contributed by atoms with Gasteiger partial charge in [0, 0.05) is 17.8 Å². The van der Waals surface area contributed by atoms with Crippen LogP contribution in [0.4, 0.5) is 5.69 Å². The molecule has 4 rings (SSSR count). The van der Waals surface area contributed by atoms with Gasteiger partial charge in [-0.05, 0) is 43.2 Å². The Morgan fingerprint density at radius 2 is 2.00 bits per heavy atom. The van der Waals surface area contributed by atoms with Crippen LogP contribution in [-0.4, -0.2) is 12.8 Å². The van der Waals surface area contributed by atoms with E-state index in [1.54, 1.807) is 0 Å². The molecular weight excluding hydrogens is 214 g/mol. The van der Waals surface area contributed by atoms with Crippen molar-refractivity contribution in [3.8, 4) is 11.5 Å². The van der Waals surface area contributed by atoms with Crippen molar-refractivity contribution in [2.24, 2.45) is 11.8 Å². The van der Waals surface area contributed by atoms with Gasteiger partial charge in [-0.15, -0.1) is 0 Å². The van der Waals surface area contributed by atoms with E-state index in [0.717, 1.165) is 23.3 Å². The predicted octanol–water partition coefficient (Wildman–Crippen LogP) is 3.02. The maximum atomic E-state index is 5.40. The molecular formula is C14H17NO2. The molecule has 3 heteroatoms. The second kappa shape index (κ2) is 3.56. The minimum atomic E-state index is 0.354. The molecule has 3 aliphatic rings. The normalized spacial score (nSPS) is 33.1. The third-order valence-corrected chi connectivity index (χ3v) is 4.46. The maximum Gasteiger partial charge on any atom is 0.231 e. The van der Waals surface area contributed by atoms with Gasteiger partial charge in [0.25, 0.3) is 0 Å². The highest BCUT2D eigenvalue weighted by Gasteiger charge is 2.39. The molecule has 3 atom stereocenters. The first-order valence-corrected chi connectivity index (χ1v) is 6.55. The molecule has 90 valence electrons. The van der Waals surface area contributed by atoms with Crippen molar-refractivity contribution in [1.82, 2.24) is 0 Å². The van der Waals surface area contributed by atoms with Crippen LogP contribution in [0, 0.1) is 11.8 Å². The fourth-order valence-electron chi connectivity index (χ4n) is 3.62. The van der Waals surface area contributed by atoms with E-state index in [1.165, 1.54) is 31.4 Å². The van der Waals surface area contributed by atoms with Crippen molar-refractivity contribution >= 4 is 5.69 Å². The second-order valence-corrected chi connectivity index (χ2v) is 5.49. The fraction of sp³-hybridized carbons (Fsp3) is 0.571. The van der Waals surface area contributed by atoms with E-state index in [2.05, 4.69) is 17.4 Å². The van der Waals surface area contributed by atoms with E-state index in [9.17, 15) is 0 Å². The van der Waals surface area contributed by atoms with Crippen LogP contribution >= 0.6 is 0 Å². The van der Waals surface area contributed by atoms with Crippen molar-refractivity contribution in [1.29, 1.82) is 0 Å². The molecule has 1 aliphatic heterocycles. The Morgan fingerprint density at radius 3 is 2.82 bits per heavy atom.